The number of halogens is 3. The third-order valence-electron chi connectivity index (χ3n) is 1.92. The number of fused-ring (bicyclic) bond motifs is 1. The van der Waals surface area contributed by atoms with Gasteiger partial charge >= 0.3 is 6.36 Å². The summed E-state index contributed by atoms with van der Waals surface area (Å²) in [4.78, 5) is 0. The van der Waals surface area contributed by atoms with Gasteiger partial charge in [0.2, 0.25) is 0 Å². The standard InChI is InChI=1S/C9H7F3N2O2/c1-13-8-7-5(15-9(10,11)12)3-2-4-6(7)16-14-8/h2-4H,1H3,(H,13,14). The van der Waals surface area contributed by atoms with E-state index in [1.807, 2.05) is 0 Å². The summed E-state index contributed by atoms with van der Waals surface area (Å²) in [6.07, 6.45) is -4.74. The molecule has 1 aromatic heterocycles. The minimum absolute atomic E-state index is 0.169. The number of ether oxygens (including phenoxy) is 1. The van der Waals surface area contributed by atoms with Crippen molar-refractivity contribution in [1.29, 1.82) is 0 Å². The first-order valence-corrected chi connectivity index (χ1v) is 4.33. The van der Waals surface area contributed by atoms with Gasteiger partial charge in [0.25, 0.3) is 0 Å². The zero-order valence-electron chi connectivity index (χ0n) is 8.13. The monoisotopic (exact) mass is 232 g/mol. The van der Waals surface area contributed by atoms with Gasteiger partial charge in [-0.2, -0.15) is 0 Å². The first-order chi connectivity index (χ1) is 7.51. The lowest BCUT2D eigenvalue weighted by atomic mass is 10.2. The zero-order chi connectivity index (χ0) is 11.8. The number of nitrogens with one attached hydrogen (secondary N) is 1. The maximum absolute atomic E-state index is 12.1. The molecule has 2 aromatic rings. The molecule has 16 heavy (non-hydrogen) atoms. The molecule has 0 radical (unpaired) electrons. The maximum Gasteiger partial charge on any atom is 0.573 e. The summed E-state index contributed by atoms with van der Waals surface area (Å²) in [7, 11) is 1.53. The number of nitrogens with zero attached hydrogens (tertiary/aromatic N) is 1. The molecule has 0 atom stereocenters. The van der Waals surface area contributed by atoms with E-state index in [1.54, 1.807) is 0 Å². The molecule has 0 spiro atoms. The van der Waals surface area contributed by atoms with Crippen molar-refractivity contribution in [1.82, 2.24) is 5.16 Å². The fraction of sp³-hybridized carbons (Fsp3) is 0.222. The van der Waals surface area contributed by atoms with E-state index < -0.39 is 6.36 Å². The van der Waals surface area contributed by atoms with Gasteiger partial charge < -0.3 is 14.6 Å². The highest BCUT2D eigenvalue weighted by atomic mass is 19.4. The van der Waals surface area contributed by atoms with Gasteiger partial charge in [0, 0.05) is 7.05 Å². The Morgan fingerprint density at radius 3 is 2.75 bits per heavy atom. The van der Waals surface area contributed by atoms with E-state index in [1.165, 1.54) is 25.2 Å². The van der Waals surface area contributed by atoms with Crippen LogP contribution in [0.25, 0.3) is 11.0 Å². The largest absolute Gasteiger partial charge is 0.573 e. The SMILES string of the molecule is CNc1noc2cccc(OC(F)(F)F)c12. The van der Waals surface area contributed by atoms with Crippen LogP contribution < -0.4 is 10.1 Å². The molecule has 0 unspecified atom stereocenters. The first-order valence-electron chi connectivity index (χ1n) is 4.33. The van der Waals surface area contributed by atoms with Gasteiger partial charge in [-0.3, -0.25) is 0 Å². The lowest BCUT2D eigenvalue weighted by Crippen LogP contribution is -2.17. The third kappa shape index (κ3) is 1.88. The molecule has 0 fully saturated rings. The van der Waals surface area contributed by atoms with Crippen LogP contribution >= 0.6 is 0 Å². The Kier molecular flexibility index (Phi) is 2.37. The van der Waals surface area contributed by atoms with Crippen molar-refractivity contribution >= 4 is 16.8 Å². The van der Waals surface area contributed by atoms with Gasteiger partial charge in [0.05, 0.1) is 0 Å². The average Bonchev–Trinajstić information content (AvgIpc) is 2.59. The molecular weight excluding hydrogens is 225 g/mol. The minimum Gasteiger partial charge on any atom is -0.405 e. The fourth-order valence-corrected chi connectivity index (χ4v) is 1.34. The molecule has 0 aliphatic heterocycles. The van der Waals surface area contributed by atoms with Crippen molar-refractivity contribution in [2.75, 3.05) is 12.4 Å². The van der Waals surface area contributed by atoms with Crippen LogP contribution in [0, 0.1) is 0 Å². The Hall–Kier alpha value is -1.92. The predicted octanol–water partition coefficient (Wildman–Crippen LogP) is 2.77. The average molecular weight is 232 g/mol. The van der Waals surface area contributed by atoms with Gasteiger partial charge in [-0.1, -0.05) is 11.2 Å². The molecular formula is C9H7F3N2O2. The lowest BCUT2D eigenvalue weighted by Gasteiger charge is -2.09. The van der Waals surface area contributed by atoms with Gasteiger partial charge in [0.1, 0.15) is 11.1 Å². The smallest absolute Gasteiger partial charge is 0.405 e. The van der Waals surface area contributed by atoms with Crippen LogP contribution in [-0.4, -0.2) is 18.6 Å². The van der Waals surface area contributed by atoms with Crippen LogP contribution in [0.5, 0.6) is 5.75 Å². The molecule has 0 saturated heterocycles. The summed E-state index contributed by atoms with van der Waals surface area (Å²) in [5, 5.41) is 6.36. The second-order valence-electron chi connectivity index (χ2n) is 2.96. The Labute approximate surface area is 88.0 Å². The van der Waals surface area contributed by atoms with Crippen molar-refractivity contribution in [2.24, 2.45) is 0 Å². The van der Waals surface area contributed by atoms with Gasteiger partial charge in [-0.15, -0.1) is 13.2 Å². The van der Waals surface area contributed by atoms with Crippen molar-refractivity contribution in [3.8, 4) is 5.75 Å². The van der Waals surface area contributed by atoms with Crippen LogP contribution in [0.1, 0.15) is 0 Å². The number of aromatic nitrogens is 1. The zero-order valence-corrected chi connectivity index (χ0v) is 8.13. The number of benzene rings is 1. The Morgan fingerprint density at radius 1 is 1.38 bits per heavy atom. The molecule has 0 saturated carbocycles. The maximum atomic E-state index is 12.1. The van der Waals surface area contributed by atoms with Crippen molar-refractivity contribution in [2.45, 2.75) is 6.36 Å². The second kappa shape index (κ2) is 3.58. The highest BCUT2D eigenvalue weighted by molar-refractivity contribution is 5.93. The van der Waals surface area contributed by atoms with Crippen molar-refractivity contribution in [3.63, 3.8) is 0 Å². The van der Waals surface area contributed by atoms with Crippen LogP contribution in [-0.2, 0) is 0 Å². The van der Waals surface area contributed by atoms with E-state index in [4.69, 9.17) is 4.52 Å². The number of anilines is 1. The van der Waals surface area contributed by atoms with Gasteiger partial charge in [-0.05, 0) is 12.1 Å². The van der Waals surface area contributed by atoms with Crippen LogP contribution in [0.15, 0.2) is 22.7 Å². The number of rotatable bonds is 2. The van der Waals surface area contributed by atoms with E-state index in [-0.39, 0.29) is 22.5 Å². The van der Waals surface area contributed by atoms with E-state index >= 15 is 0 Å². The summed E-state index contributed by atoms with van der Waals surface area (Å²) >= 11 is 0. The molecule has 2 rings (SSSR count). The van der Waals surface area contributed by atoms with Crippen molar-refractivity contribution < 1.29 is 22.4 Å². The van der Waals surface area contributed by atoms with E-state index in [9.17, 15) is 13.2 Å². The molecule has 7 heteroatoms. The Balaban J connectivity index is 2.55. The fourth-order valence-electron chi connectivity index (χ4n) is 1.34. The quantitative estimate of drug-likeness (QED) is 0.864. The number of hydrogen-bond donors (Lipinski definition) is 1. The topological polar surface area (TPSA) is 47.3 Å². The molecule has 0 bridgehead atoms. The second-order valence-corrected chi connectivity index (χ2v) is 2.96. The highest BCUT2D eigenvalue weighted by Crippen LogP contribution is 2.34. The van der Waals surface area contributed by atoms with Crippen LogP contribution in [0.2, 0.25) is 0 Å². The molecule has 0 amide bonds. The number of alkyl halides is 3. The molecule has 1 heterocycles. The van der Waals surface area contributed by atoms with Gasteiger partial charge in [0.15, 0.2) is 11.4 Å². The lowest BCUT2D eigenvalue weighted by molar-refractivity contribution is -0.274. The molecule has 86 valence electrons. The molecule has 1 N–H and O–H groups in total. The first kappa shape index (κ1) is 10.6. The normalized spacial score (nSPS) is 11.8. The minimum atomic E-state index is -4.74. The van der Waals surface area contributed by atoms with E-state index in [0.717, 1.165) is 0 Å². The molecule has 1 aromatic carbocycles. The predicted molar refractivity (Wildman–Crippen MR) is 50.2 cm³/mol. The molecule has 0 aliphatic carbocycles. The molecule has 4 nitrogen and oxygen atoms in total. The summed E-state index contributed by atoms with van der Waals surface area (Å²) < 4.78 is 45.1. The van der Waals surface area contributed by atoms with Crippen molar-refractivity contribution in [3.05, 3.63) is 18.2 Å². The summed E-state index contributed by atoms with van der Waals surface area (Å²) in [6.45, 7) is 0. The van der Waals surface area contributed by atoms with Crippen LogP contribution in [0.3, 0.4) is 0 Å². The Bertz CT molecular complexity index is 507. The third-order valence-corrected chi connectivity index (χ3v) is 1.92. The van der Waals surface area contributed by atoms with Crippen LogP contribution in [0.4, 0.5) is 19.0 Å². The van der Waals surface area contributed by atoms with E-state index in [0.29, 0.717) is 0 Å². The highest BCUT2D eigenvalue weighted by Gasteiger charge is 2.32. The summed E-state index contributed by atoms with van der Waals surface area (Å²) in [6, 6.07) is 4.11. The van der Waals surface area contributed by atoms with Gasteiger partial charge in [-0.25, -0.2) is 0 Å². The summed E-state index contributed by atoms with van der Waals surface area (Å²) in [5.41, 5.74) is 0.228. The Morgan fingerprint density at radius 2 is 2.12 bits per heavy atom. The number of hydrogen-bond acceptors (Lipinski definition) is 4. The van der Waals surface area contributed by atoms with E-state index in [2.05, 4.69) is 15.2 Å². The summed E-state index contributed by atoms with van der Waals surface area (Å²) in [5.74, 6) is -0.134. The molecule has 0 aliphatic rings.